The van der Waals surface area contributed by atoms with Gasteiger partial charge in [0, 0.05) is 43.5 Å². The van der Waals surface area contributed by atoms with E-state index in [9.17, 15) is 9.90 Å². The van der Waals surface area contributed by atoms with Crippen molar-refractivity contribution in [2.45, 2.75) is 43.7 Å². The van der Waals surface area contributed by atoms with Crippen molar-refractivity contribution in [1.29, 1.82) is 0 Å². The number of piperidine rings is 2. The van der Waals surface area contributed by atoms with Crippen molar-refractivity contribution in [3.8, 4) is 0 Å². The molecule has 2 fully saturated rings. The monoisotopic (exact) mass is 430 g/mol. The zero-order valence-corrected chi connectivity index (χ0v) is 18.4. The molecule has 6 nitrogen and oxygen atoms in total. The molecule has 1 amide bonds. The van der Waals surface area contributed by atoms with Gasteiger partial charge in [-0.15, -0.1) is 0 Å². The molecule has 1 atom stereocenters. The van der Waals surface area contributed by atoms with Crippen LogP contribution < -0.4 is 0 Å². The molecule has 166 valence electrons. The van der Waals surface area contributed by atoms with Crippen LogP contribution in [0.4, 0.5) is 0 Å². The van der Waals surface area contributed by atoms with Crippen molar-refractivity contribution >= 4 is 16.8 Å². The molecule has 2 aliphatic rings. The number of pyridine rings is 2. The fourth-order valence-electron chi connectivity index (χ4n) is 5.14. The number of β-amino-alcohol motifs (C(OH)–C–C–N with tert-alkyl or cyclic N) is 1. The van der Waals surface area contributed by atoms with Gasteiger partial charge in [-0.25, -0.2) is 4.98 Å². The molecule has 0 bridgehead atoms. The summed E-state index contributed by atoms with van der Waals surface area (Å²) >= 11 is 0. The molecule has 2 aromatic heterocycles. The topological polar surface area (TPSA) is 69.6 Å². The van der Waals surface area contributed by atoms with Gasteiger partial charge in [-0.3, -0.25) is 14.7 Å². The quantitative estimate of drug-likeness (QED) is 0.681. The number of amides is 1. The number of likely N-dealkylation sites (tertiary alicyclic amines) is 2. The third-order valence-corrected chi connectivity index (χ3v) is 6.98. The average molecular weight is 431 g/mol. The van der Waals surface area contributed by atoms with Gasteiger partial charge in [0.05, 0.1) is 11.1 Å². The number of hydrogen-bond acceptors (Lipinski definition) is 5. The second kappa shape index (κ2) is 8.96. The molecule has 0 spiro atoms. The Labute approximate surface area is 188 Å². The first-order chi connectivity index (χ1) is 15.6. The second-order valence-corrected chi connectivity index (χ2v) is 9.17. The smallest absolute Gasteiger partial charge is 0.272 e. The number of para-hydroxylation sites is 1. The zero-order chi connectivity index (χ0) is 22.0. The molecule has 0 unspecified atom stereocenters. The molecule has 2 saturated heterocycles. The van der Waals surface area contributed by atoms with Gasteiger partial charge in [0.15, 0.2) is 0 Å². The maximum Gasteiger partial charge on any atom is 0.272 e. The third-order valence-electron chi connectivity index (χ3n) is 6.98. The maximum atomic E-state index is 13.0. The highest BCUT2D eigenvalue weighted by atomic mass is 16.3. The molecule has 0 aliphatic carbocycles. The summed E-state index contributed by atoms with van der Waals surface area (Å²) in [5.41, 5.74) is 1.76. The van der Waals surface area contributed by atoms with Gasteiger partial charge in [0.1, 0.15) is 5.69 Å². The van der Waals surface area contributed by atoms with Gasteiger partial charge in [0.25, 0.3) is 5.91 Å². The summed E-state index contributed by atoms with van der Waals surface area (Å²) in [7, 11) is 0. The van der Waals surface area contributed by atoms with E-state index in [4.69, 9.17) is 0 Å². The second-order valence-electron chi connectivity index (χ2n) is 9.17. The van der Waals surface area contributed by atoms with E-state index in [-0.39, 0.29) is 5.91 Å². The van der Waals surface area contributed by atoms with Crippen molar-refractivity contribution in [1.82, 2.24) is 19.8 Å². The van der Waals surface area contributed by atoms with Crippen LogP contribution >= 0.6 is 0 Å². The fraction of sp³-hybridized carbons (Fsp3) is 0.423. The van der Waals surface area contributed by atoms with Crippen LogP contribution in [0.2, 0.25) is 0 Å². The Morgan fingerprint density at radius 1 is 1.03 bits per heavy atom. The minimum atomic E-state index is -0.772. The Hall–Kier alpha value is -2.83. The number of aliphatic hydroxyl groups is 1. The number of nitrogens with zero attached hydrogens (tertiary/aromatic N) is 4. The van der Waals surface area contributed by atoms with Gasteiger partial charge in [-0.1, -0.05) is 36.8 Å². The van der Waals surface area contributed by atoms with Crippen molar-refractivity contribution < 1.29 is 9.90 Å². The number of aromatic nitrogens is 2. The number of hydrogen-bond donors (Lipinski definition) is 1. The Morgan fingerprint density at radius 2 is 1.88 bits per heavy atom. The SMILES string of the molecule is O=C(c1ccc2ccccc2n1)N1CCC(O)(CN2CCCC[C@@H]2c2cccnc2)CC1. The van der Waals surface area contributed by atoms with Crippen molar-refractivity contribution in [2.75, 3.05) is 26.2 Å². The van der Waals surface area contributed by atoms with Crippen LogP contribution in [0, 0.1) is 0 Å². The standard InChI is InChI=1S/C26H30N4O2/c31-25(23-11-10-20-6-1-2-8-22(20)28-23)29-16-12-26(32,13-17-29)19-30-15-4-3-9-24(30)21-7-5-14-27-18-21/h1-2,5-8,10-11,14,18,24,32H,3-4,9,12-13,15-17,19H2/t24-/m1/s1. The molecule has 1 aromatic carbocycles. The van der Waals surface area contributed by atoms with Crippen molar-refractivity contribution in [3.05, 3.63) is 72.2 Å². The van der Waals surface area contributed by atoms with E-state index in [1.807, 2.05) is 47.5 Å². The van der Waals surface area contributed by atoms with Crippen LogP contribution in [0.1, 0.15) is 54.2 Å². The van der Waals surface area contributed by atoms with Gasteiger partial charge in [0.2, 0.25) is 0 Å². The van der Waals surface area contributed by atoms with E-state index >= 15 is 0 Å². The zero-order valence-electron chi connectivity index (χ0n) is 18.4. The lowest BCUT2D eigenvalue weighted by Crippen LogP contribution is -2.53. The lowest BCUT2D eigenvalue weighted by atomic mass is 9.88. The minimum Gasteiger partial charge on any atom is -0.388 e. The fourth-order valence-corrected chi connectivity index (χ4v) is 5.14. The van der Waals surface area contributed by atoms with E-state index in [2.05, 4.69) is 20.9 Å². The Bertz CT molecular complexity index is 1080. The molecule has 0 saturated carbocycles. The van der Waals surface area contributed by atoms with E-state index in [0.717, 1.165) is 30.3 Å². The highest BCUT2D eigenvalue weighted by Gasteiger charge is 2.38. The molecular formula is C26H30N4O2. The van der Waals surface area contributed by atoms with Crippen LogP contribution in [-0.4, -0.2) is 62.6 Å². The molecule has 1 N–H and O–H groups in total. The predicted molar refractivity (Wildman–Crippen MR) is 124 cm³/mol. The molecule has 2 aliphatic heterocycles. The predicted octanol–water partition coefficient (Wildman–Crippen LogP) is 3.82. The summed E-state index contributed by atoms with van der Waals surface area (Å²) in [5, 5.41) is 12.4. The summed E-state index contributed by atoms with van der Waals surface area (Å²) in [5.74, 6) is -0.0518. The molecule has 6 heteroatoms. The summed E-state index contributed by atoms with van der Waals surface area (Å²) in [6.07, 6.45) is 8.39. The largest absolute Gasteiger partial charge is 0.388 e. The number of carbonyl (C=O) groups excluding carboxylic acids is 1. The van der Waals surface area contributed by atoms with Crippen LogP contribution in [0.15, 0.2) is 60.9 Å². The van der Waals surface area contributed by atoms with Gasteiger partial charge < -0.3 is 10.0 Å². The summed E-state index contributed by atoms with van der Waals surface area (Å²) in [6.45, 7) is 2.73. The minimum absolute atomic E-state index is 0.0518. The van der Waals surface area contributed by atoms with Gasteiger partial charge >= 0.3 is 0 Å². The average Bonchev–Trinajstić information content (AvgIpc) is 2.84. The molecular weight excluding hydrogens is 400 g/mol. The van der Waals surface area contributed by atoms with Crippen LogP contribution in [-0.2, 0) is 0 Å². The molecule has 32 heavy (non-hydrogen) atoms. The molecule has 0 radical (unpaired) electrons. The lowest BCUT2D eigenvalue weighted by molar-refractivity contribution is -0.0541. The van der Waals surface area contributed by atoms with E-state index < -0.39 is 5.60 Å². The lowest BCUT2D eigenvalue weighted by Gasteiger charge is -2.44. The molecule has 4 heterocycles. The maximum absolute atomic E-state index is 13.0. The summed E-state index contributed by atoms with van der Waals surface area (Å²) < 4.78 is 0. The Balaban J connectivity index is 1.24. The first-order valence-corrected chi connectivity index (χ1v) is 11.6. The van der Waals surface area contributed by atoms with Crippen molar-refractivity contribution in [2.24, 2.45) is 0 Å². The number of fused-ring (bicyclic) bond motifs is 1. The highest BCUT2D eigenvalue weighted by Crippen LogP contribution is 2.34. The van der Waals surface area contributed by atoms with Gasteiger partial charge in [-0.2, -0.15) is 0 Å². The molecule has 3 aromatic rings. The first-order valence-electron chi connectivity index (χ1n) is 11.6. The van der Waals surface area contributed by atoms with Crippen molar-refractivity contribution in [3.63, 3.8) is 0 Å². The summed E-state index contributed by atoms with van der Waals surface area (Å²) in [6, 6.07) is 16.0. The van der Waals surface area contributed by atoms with E-state index in [0.29, 0.717) is 44.2 Å². The van der Waals surface area contributed by atoms with Crippen LogP contribution in [0.5, 0.6) is 0 Å². The van der Waals surface area contributed by atoms with E-state index in [1.54, 1.807) is 12.3 Å². The normalized spacial score (nSPS) is 21.5. The Kier molecular flexibility index (Phi) is 5.89. The van der Waals surface area contributed by atoms with Crippen LogP contribution in [0.3, 0.4) is 0 Å². The number of carbonyl (C=O) groups is 1. The van der Waals surface area contributed by atoms with E-state index in [1.165, 1.54) is 12.0 Å². The number of rotatable bonds is 4. The van der Waals surface area contributed by atoms with Gasteiger partial charge in [-0.05, 0) is 56.0 Å². The number of benzene rings is 1. The Morgan fingerprint density at radius 3 is 2.69 bits per heavy atom. The first kappa shape index (κ1) is 21.0. The third kappa shape index (κ3) is 4.38. The summed E-state index contributed by atoms with van der Waals surface area (Å²) in [4.78, 5) is 26.2. The van der Waals surface area contributed by atoms with Crippen LogP contribution in [0.25, 0.3) is 10.9 Å². The molecule has 5 rings (SSSR count). The highest BCUT2D eigenvalue weighted by molar-refractivity contribution is 5.95.